The summed E-state index contributed by atoms with van der Waals surface area (Å²) in [7, 11) is -3.06. The second-order valence-electron chi connectivity index (χ2n) is 9.70. The van der Waals surface area contributed by atoms with Crippen LogP contribution >= 0.6 is 0 Å². The maximum absolute atomic E-state index is 15.1. The lowest BCUT2D eigenvalue weighted by atomic mass is 10.00. The van der Waals surface area contributed by atoms with Crippen molar-refractivity contribution in [1.82, 2.24) is 9.97 Å². The summed E-state index contributed by atoms with van der Waals surface area (Å²) < 4.78 is 79.1. The summed E-state index contributed by atoms with van der Waals surface area (Å²) >= 11 is 0. The Labute approximate surface area is 218 Å². The minimum Gasteiger partial charge on any atom is -0.489 e. The van der Waals surface area contributed by atoms with Crippen molar-refractivity contribution in [2.75, 3.05) is 30.0 Å². The second kappa shape index (κ2) is 9.88. The number of hydrogen-bond acceptors (Lipinski definition) is 8. The third-order valence-electron chi connectivity index (χ3n) is 6.95. The largest absolute Gasteiger partial charge is 0.489 e. The molecule has 1 atom stereocenters. The Morgan fingerprint density at radius 1 is 1.26 bits per heavy atom. The molecule has 0 amide bonds. The zero-order chi connectivity index (χ0) is 27.2. The zero-order valence-corrected chi connectivity index (χ0v) is 21.7. The SMILES string of the molecule is Cc1nc(N[C@H](C)c2cccc(C(F)(F)CO)c2F)c2cc(OC3CCS(=O)(=O)CC3)c3c(c2n1)CCO3. The highest BCUT2D eigenvalue weighted by Crippen LogP contribution is 2.44. The Morgan fingerprint density at radius 2 is 2.00 bits per heavy atom. The van der Waals surface area contributed by atoms with E-state index in [0.717, 1.165) is 11.6 Å². The van der Waals surface area contributed by atoms with Crippen LogP contribution in [0.2, 0.25) is 0 Å². The van der Waals surface area contributed by atoms with Crippen LogP contribution in [-0.4, -0.2) is 54.3 Å². The molecule has 0 radical (unpaired) electrons. The Balaban J connectivity index is 1.52. The van der Waals surface area contributed by atoms with Crippen molar-refractivity contribution in [2.24, 2.45) is 0 Å². The number of nitrogens with zero attached hydrogens (tertiary/aromatic N) is 2. The smallest absolute Gasteiger partial charge is 0.298 e. The molecule has 2 N–H and O–H groups in total. The van der Waals surface area contributed by atoms with Crippen molar-refractivity contribution >= 4 is 26.6 Å². The summed E-state index contributed by atoms with van der Waals surface area (Å²) in [4.78, 5) is 9.11. The van der Waals surface area contributed by atoms with Crippen LogP contribution in [0.3, 0.4) is 0 Å². The first-order valence-electron chi connectivity index (χ1n) is 12.4. The molecule has 38 heavy (non-hydrogen) atoms. The summed E-state index contributed by atoms with van der Waals surface area (Å²) in [6.07, 6.45) is 1.03. The minimum absolute atomic E-state index is 0.00979. The topological polar surface area (TPSA) is 111 Å². The van der Waals surface area contributed by atoms with Gasteiger partial charge < -0.3 is 19.9 Å². The molecule has 5 rings (SSSR count). The number of anilines is 1. The lowest BCUT2D eigenvalue weighted by molar-refractivity contribution is -0.0583. The first kappa shape index (κ1) is 26.5. The van der Waals surface area contributed by atoms with E-state index in [1.165, 1.54) is 12.1 Å². The highest BCUT2D eigenvalue weighted by molar-refractivity contribution is 7.91. The number of ether oxygens (including phenoxy) is 2. The number of hydrogen-bond donors (Lipinski definition) is 2. The van der Waals surface area contributed by atoms with Crippen LogP contribution in [0.15, 0.2) is 24.3 Å². The lowest BCUT2D eigenvalue weighted by Crippen LogP contribution is -2.30. The van der Waals surface area contributed by atoms with E-state index in [2.05, 4.69) is 15.3 Å². The highest BCUT2D eigenvalue weighted by atomic mass is 32.2. The molecule has 2 aliphatic rings. The number of benzene rings is 2. The highest BCUT2D eigenvalue weighted by Gasteiger charge is 2.35. The molecule has 12 heteroatoms. The Bertz CT molecular complexity index is 1490. The van der Waals surface area contributed by atoms with E-state index in [9.17, 15) is 17.2 Å². The molecule has 2 aliphatic heterocycles. The molecule has 0 unspecified atom stereocenters. The molecule has 1 saturated heterocycles. The number of aryl methyl sites for hydroxylation is 1. The predicted octanol–water partition coefficient (Wildman–Crippen LogP) is 4.23. The van der Waals surface area contributed by atoms with E-state index in [-0.39, 0.29) is 23.2 Å². The van der Waals surface area contributed by atoms with E-state index in [1.807, 2.05) is 0 Å². The van der Waals surface area contributed by atoms with Gasteiger partial charge in [0, 0.05) is 22.9 Å². The van der Waals surface area contributed by atoms with Gasteiger partial charge in [-0.3, -0.25) is 0 Å². The van der Waals surface area contributed by atoms with Crippen molar-refractivity contribution in [3.63, 3.8) is 0 Å². The van der Waals surface area contributed by atoms with Crippen LogP contribution < -0.4 is 14.8 Å². The maximum atomic E-state index is 15.1. The standard InChI is InChI=1S/C26H28F3N3O5S/c1-14(17-4-3-5-20(22(17)27)26(28,29)13-33)30-25-19-12-21(37-16-7-10-38(34,35)11-8-16)24-18(6-9-36-24)23(19)31-15(2)32-25/h3-5,12,14,16,33H,6-11,13H2,1-2H3,(H,30,31,32)/t14-/m1/s1. The first-order valence-corrected chi connectivity index (χ1v) is 14.2. The van der Waals surface area contributed by atoms with Crippen molar-refractivity contribution in [1.29, 1.82) is 0 Å². The van der Waals surface area contributed by atoms with Gasteiger partial charge in [-0.1, -0.05) is 12.1 Å². The fourth-order valence-corrected chi connectivity index (χ4v) is 6.39. The fourth-order valence-electron chi connectivity index (χ4n) is 4.94. The molecule has 3 heterocycles. The molecule has 0 bridgehead atoms. The van der Waals surface area contributed by atoms with Gasteiger partial charge in [0.05, 0.1) is 35.2 Å². The van der Waals surface area contributed by atoms with Crippen molar-refractivity contribution in [3.8, 4) is 11.5 Å². The first-order chi connectivity index (χ1) is 18.0. The monoisotopic (exact) mass is 551 g/mol. The number of alkyl halides is 2. The average molecular weight is 552 g/mol. The third kappa shape index (κ3) is 4.98. The van der Waals surface area contributed by atoms with E-state index in [0.29, 0.717) is 59.9 Å². The van der Waals surface area contributed by atoms with Gasteiger partial charge in [-0.2, -0.15) is 8.78 Å². The molecule has 2 aromatic carbocycles. The molecule has 0 spiro atoms. The van der Waals surface area contributed by atoms with Crippen molar-refractivity contribution < 1.29 is 36.2 Å². The minimum atomic E-state index is -3.72. The third-order valence-corrected chi connectivity index (χ3v) is 8.67. The van der Waals surface area contributed by atoms with E-state index in [4.69, 9.17) is 14.6 Å². The number of halogens is 3. The summed E-state index contributed by atoms with van der Waals surface area (Å²) in [5.41, 5.74) is 0.580. The summed E-state index contributed by atoms with van der Waals surface area (Å²) in [5.74, 6) is -2.88. The summed E-state index contributed by atoms with van der Waals surface area (Å²) in [6, 6.07) is 4.63. The van der Waals surface area contributed by atoms with Crippen LogP contribution in [0.5, 0.6) is 11.5 Å². The second-order valence-corrected chi connectivity index (χ2v) is 12.0. The van der Waals surface area contributed by atoms with Crippen LogP contribution in [0, 0.1) is 12.7 Å². The van der Waals surface area contributed by atoms with Gasteiger partial charge in [0.15, 0.2) is 21.3 Å². The normalized spacial score (nSPS) is 18.2. The maximum Gasteiger partial charge on any atom is 0.298 e. The van der Waals surface area contributed by atoms with Crippen LogP contribution in [0.25, 0.3) is 10.9 Å². The molecule has 8 nitrogen and oxygen atoms in total. The van der Waals surface area contributed by atoms with Crippen molar-refractivity contribution in [2.45, 2.75) is 51.2 Å². The molecule has 1 fully saturated rings. The molecule has 3 aromatic rings. The number of aliphatic hydroxyl groups is 1. The Morgan fingerprint density at radius 3 is 2.71 bits per heavy atom. The van der Waals surface area contributed by atoms with Gasteiger partial charge in [-0.05, 0) is 38.8 Å². The lowest BCUT2D eigenvalue weighted by Gasteiger charge is -2.25. The van der Waals surface area contributed by atoms with Crippen LogP contribution in [0.4, 0.5) is 19.0 Å². The molecular formula is C26H28F3N3O5S. The van der Waals surface area contributed by atoms with Gasteiger partial charge in [-0.25, -0.2) is 22.8 Å². The summed E-state index contributed by atoms with van der Waals surface area (Å²) in [5, 5.41) is 12.8. The van der Waals surface area contributed by atoms with Gasteiger partial charge >= 0.3 is 0 Å². The number of rotatable bonds is 7. The van der Waals surface area contributed by atoms with Gasteiger partial charge in [-0.15, -0.1) is 0 Å². The van der Waals surface area contributed by atoms with Gasteiger partial charge in [0.2, 0.25) is 0 Å². The number of nitrogens with one attached hydrogen (secondary N) is 1. The number of fused-ring (bicyclic) bond motifs is 3. The molecule has 0 saturated carbocycles. The molecule has 1 aromatic heterocycles. The Hall–Kier alpha value is -3.12. The van der Waals surface area contributed by atoms with Crippen LogP contribution in [-0.2, 0) is 22.2 Å². The molecule has 0 aliphatic carbocycles. The summed E-state index contributed by atoms with van der Waals surface area (Å²) in [6.45, 7) is 2.27. The molecule has 204 valence electrons. The van der Waals surface area contributed by atoms with E-state index in [1.54, 1.807) is 19.9 Å². The van der Waals surface area contributed by atoms with Gasteiger partial charge in [0.1, 0.15) is 30.2 Å². The zero-order valence-electron chi connectivity index (χ0n) is 20.9. The van der Waals surface area contributed by atoms with Crippen molar-refractivity contribution in [3.05, 3.63) is 52.6 Å². The van der Waals surface area contributed by atoms with Gasteiger partial charge in [0.25, 0.3) is 5.92 Å². The number of sulfone groups is 1. The molecular weight excluding hydrogens is 523 g/mol. The number of aliphatic hydroxyl groups excluding tert-OH is 1. The van der Waals surface area contributed by atoms with E-state index < -0.39 is 39.8 Å². The predicted molar refractivity (Wildman–Crippen MR) is 135 cm³/mol. The fraction of sp³-hybridized carbons (Fsp3) is 0.462. The average Bonchev–Trinajstić information content (AvgIpc) is 3.36. The van der Waals surface area contributed by atoms with Crippen LogP contribution in [0.1, 0.15) is 48.3 Å². The Kier molecular flexibility index (Phi) is 6.89. The quantitative estimate of drug-likeness (QED) is 0.449. The number of aromatic nitrogens is 2. The van der Waals surface area contributed by atoms with E-state index >= 15 is 4.39 Å².